The highest BCUT2D eigenvalue weighted by atomic mass is 15.4. The Hall–Kier alpha value is -3.22. The van der Waals surface area contributed by atoms with Crippen LogP contribution in [0.1, 0.15) is 29.9 Å². The fourth-order valence-corrected chi connectivity index (χ4v) is 3.34. The molecule has 0 bridgehead atoms. The number of aryl methyl sites for hydroxylation is 2. The standard InChI is InChI=1S/C19H21N7/c1-12(18-13(2)23-25(4)14(18)3)20-16-10-11-17-21-22-19(26(17)24-16)15-8-6-5-7-9-15/h5-12H,1-4H3,(H,20,24)/t12-/m0/s1. The monoisotopic (exact) mass is 347 g/mol. The molecule has 0 amide bonds. The normalized spacial score (nSPS) is 12.5. The molecule has 3 heterocycles. The van der Waals surface area contributed by atoms with Gasteiger partial charge >= 0.3 is 0 Å². The van der Waals surface area contributed by atoms with Crippen LogP contribution in [0.25, 0.3) is 17.0 Å². The number of aromatic nitrogens is 6. The summed E-state index contributed by atoms with van der Waals surface area (Å²) in [6.07, 6.45) is 0. The third-order valence-corrected chi connectivity index (χ3v) is 4.66. The number of nitrogens with zero attached hydrogens (tertiary/aromatic N) is 6. The Morgan fingerprint density at radius 2 is 1.73 bits per heavy atom. The largest absolute Gasteiger partial charge is 0.362 e. The highest BCUT2D eigenvalue weighted by Gasteiger charge is 2.17. The van der Waals surface area contributed by atoms with Gasteiger partial charge in [0.15, 0.2) is 11.5 Å². The predicted octanol–water partition coefficient (Wildman–Crippen LogP) is 3.31. The molecule has 0 aliphatic rings. The second kappa shape index (κ2) is 6.25. The summed E-state index contributed by atoms with van der Waals surface area (Å²) in [6.45, 7) is 6.23. The van der Waals surface area contributed by atoms with E-state index in [9.17, 15) is 0 Å². The number of benzene rings is 1. The Balaban J connectivity index is 1.69. The Labute approximate surface area is 151 Å². The lowest BCUT2D eigenvalue weighted by atomic mass is 10.1. The van der Waals surface area contributed by atoms with Crippen LogP contribution in [0.5, 0.6) is 0 Å². The fraction of sp³-hybridized carbons (Fsp3) is 0.263. The molecule has 0 spiro atoms. The first-order valence-corrected chi connectivity index (χ1v) is 8.59. The Bertz CT molecular complexity index is 1060. The van der Waals surface area contributed by atoms with E-state index in [0.717, 1.165) is 34.2 Å². The Morgan fingerprint density at radius 3 is 2.42 bits per heavy atom. The summed E-state index contributed by atoms with van der Waals surface area (Å²) in [4.78, 5) is 0. The van der Waals surface area contributed by atoms with Crippen molar-refractivity contribution in [1.82, 2.24) is 29.6 Å². The maximum Gasteiger partial charge on any atom is 0.185 e. The smallest absolute Gasteiger partial charge is 0.185 e. The molecule has 0 unspecified atom stereocenters. The summed E-state index contributed by atoms with van der Waals surface area (Å²) < 4.78 is 3.68. The van der Waals surface area contributed by atoms with Crippen molar-refractivity contribution in [2.24, 2.45) is 7.05 Å². The van der Waals surface area contributed by atoms with Gasteiger partial charge in [0, 0.05) is 23.9 Å². The highest BCUT2D eigenvalue weighted by molar-refractivity contribution is 5.59. The van der Waals surface area contributed by atoms with Gasteiger partial charge in [0.25, 0.3) is 0 Å². The molecule has 3 aromatic heterocycles. The molecular weight excluding hydrogens is 326 g/mol. The minimum absolute atomic E-state index is 0.0882. The molecule has 0 aliphatic heterocycles. The number of hydrogen-bond acceptors (Lipinski definition) is 5. The van der Waals surface area contributed by atoms with E-state index >= 15 is 0 Å². The maximum atomic E-state index is 4.70. The van der Waals surface area contributed by atoms with Crippen LogP contribution in [0.15, 0.2) is 42.5 Å². The third-order valence-electron chi connectivity index (χ3n) is 4.66. The van der Waals surface area contributed by atoms with Crippen molar-refractivity contribution in [3.8, 4) is 11.4 Å². The zero-order chi connectivity index (χ0) is 18.3. The van der Waals surface area contributed by atoms with Crippen molar-refractivity contribution < 1.29 is 0 Å². The third kappa shape index (κ3) is 2.71. The maximum absolute atomic E-state index is 4.70. The molecule has 4 aromatic rings. The summed E-state index contributed by atoms with van der Waals surface area (Å²) >= 11 is 0. The van der Waals surface area contributed by atoms with Gasteiger partial charge < -0.3 is 5.32 Å². The van der Waals surface area contributed by atoms with E-state index in [4.69, 9.17) is 5.10 Å². The van der Waals surface area contributed by atoms with E-state index in [1.165, 1.54) is 5.56 Å². The van der Waals surface area contributed by atoms with Crippen molar-refractivity contribution in [2.75, 3.05) is 5.32 Å². The van der Waals surface area contributed by atoms with Gasteiger partial charge in [-0.05, 0) is 32.9 Å². The zero-order valence-corrected chi connectivity index (χ0v) is 15.3. The second-order valence-corrected chi connectivity index (χ2v) is 6.45. The van der Waals surface area contributed by atoms with Crippen molar-refractivity contribution >= 4 is 11.5 Å². The van der Waals surface area contributed by atoms with E-state index in [-0.39, 0.29) is 6.04 Å². The molecule has 0 saturated carbocycles. The molecule has 7 nitrogen and oxygen atoms in total. The van der Waals surface area contributed by atoms with Crippen molar-refractivity contribution in [2.45, 2.75) is 26.8 Å². The van der Waals surface area contributed by atoms with Crippen LogP contribution in [-0.2, 0) is 7.05 Å². The van der Waals surface area contributed by atoms with E-state index in [0.29, 0.717) is 0 Å². The minimum Gasteiger partial charge on any atom is -0.362 e. The number of fused-ring (bicyclic) bond motifs is 1. The summed E-state index contributed by atoms with van der Waals surface area (Å²) in [5.41, 5.74) is 5.08. The molecule has 1 N–H and O–H groups in total. The average Bonchev–Trinajstić information content (AvgIpc) is 3.16. The van der Waals surface area contributed by atoms with Crippen molar-refractivity contribution in [1.29, 1.82) is 0 Å². The van der Waals surface area contributed by atoms with Crippen molar-refractivity contribution in [3.63, 3.8) is 0 Å². The molecule has 0 radical (unpaired) electrons. The van der Waals surface area contributed by atoms with Gasteiger partial charge in [0.05, 0.1) is 11.7 Å². The zero-order valence-electron chi connectivity index (χ0n) is 15.3. The van der Waals surface area contributed by atoms with E-state index in [2.05, 4.69) is 34.5 Å². The summed E-state index contributed by atoms with van der Waals surface area (Å²) in [6, 6.07) is 13.9. The van der Waals surface area contributed by atoms with Crippen molar-refractivity contribution in [3.05, 3.63) is 59.4 Å². The minimum atomic E-state index is 0.0882. The van der Waals surface area contributed by atoms with Crippen LogP contribution < -0.4 is 5.32 Å². The van der Waals surface area contributed by atoms with Crippen LogP contribution >= 0.6 is 0 Å². The van der Waals surface area contributed by atoms with E-state index < -0.39 is 0 Å². The summed E-state index contributed by atoms with van der Waals surface area (Å²) in [7, 11) is 1.96. The number of hydrogen-bond donors (Lipinski definition) is 1. The van der Waals surface area contributed by atoms with Gasteiger partial charge in [0.2, 0.25) is 0 Å². The highest BCUT2D eigenvalue weighted by Crippen LogP contribution is 2.24. The molecule has 132 valence electrons. The molecule has 4 rings (SSSR count). The lowest BCUT2D eigenvalue weighted by Crippen LogP contribution is -2.11. The van der Waals surface area contributed by atoms with Crippen LogP contribution in [0.3, 0.4) is 0 Å². The van der Waals surface area contributed by atoms with Gasteiger partial charge in [-0.1, -0.05) is 30.3 Å². The van der Waals surface area contributed by atoms with Gasteiger partial charge in [-0.2, -0.15) is 9.61 Å². The Morgan fingerprint density at radius 1 is 0.962 bits per heavy atom. The molecule has 0 fully saturated rings. The lowest BCUT2D eigenvalue weighted by Gasteiger charge is -2.15. The van der Waals surface area contributed by atoms with E-state index in [1.807, 2.05) is 61.1 Å². The molecule has 26 heavy (non-hydrogen) atoms. The van der Waals surface area contributed by atoms with Gasteiger partial charge in [-0.15, -0.1) is 15.3 Å². The fourth-order valence-electron chi connectivity index (χ4n) is 3.34. The first kappa shape index (κ1) is 16.3. The van der Waals surface area contributed by atoms with Gasteiger partial charge in [-0.25, -0.2) is 0 Å². The second-order valence-electron chi connectivity index (χ2n) is 6.45. The quantitative estimate of drug-likeness (QED) is 0.613. The SMILES string of the molecule is Cc1nn(C)c(C)c1[C@H](C)Nc1ccc2nnc(-c3ccccc3)n2n1. The first-order valence-electron chi connectivity index (χ1n) is 8.59. The predicted molar refractivity (Wildman–Crippen MR) is 101 cm³/mol. The topological polar surface area (TPSA) is 72.9 Å². The lowest BCUT2D eigenvalue weighted by molar-refractivity contribution is 0.728. The average molecular weight is 347 g/mol. The molecule has 1 atom stereocenters. The molecular formula is C19H21N7. The summed E-state index contributed by atoms with van der Waals surface area (Å²) in [5.74, 6) is 1.50. The van der Waals surface area contributed by atoms with Crippen LogP contribution in [0, 0.1) is 13.8 Å². The van der Waals surface area contributed by atoms with Crippen LogP contribution in [0.2, 0.25) is 0 Å². The number of nitrogens with one attached hydrogen (secondary N) is 1. The molecule has 1 aromatic carbocycles. The number of anilines is 1. The van der Waals surface area contributed by atoms with Gasteiger partial charge in [-0.3, -0.25) is 4.68 Å². The van der Waals surface area contributed by atoms with E-state index in [1.54, 1.807) is 4.52 Å². The van der Waals surface area contributed by atoms with Gasteiger partial charge in [0.1, 0.15) is 5.82 Å². The summed E-state index contributed by atoms with van der Waals surface area (Å²) in [5, 5.41) is 21.2. The Kier molecular flexibility index (Phi) is 3.91. The molecule has 7 heteroatoms. The molecule has 0 aliphatic carbocycles. The first-order chi connectivity index (χ1) is 12.5. The van der Waals surface area contributed by atoms with Crippen LogP contribution in [0.4, 0.5) is 5.82 Å². The number of rotatable bonds is 4. The molecule has 0 saturated heterocycles. The van der Waals surface area contributed by atoms with Crippen LogP contribution in [-0.4, -0.2) is 29.6 Å².